The first-order valence-corrected chi connectivity index (χ1v) is 13.6. The zero-order chi connectivity index (χ0) is 27.1. The van der Waals surface area contributed by atoms with E-state index in [0.29, 0.717) is 41.8 Å². The van der Waals surface area contributed by atoms with Crippen LogP contribution in [-0.4, -0.2) is 49.9 Å². The SMILES string of the molecule is COCCCNC(=O)c1cc(-c2csc(-c3ccccc3Cl)n2)n(CCc2ccc(OC)c(OC)c2)c1C. The second kappa shape index (κ2) is 13.0. The monoisotopic (exact) mass is 553 g/mol. The van der Waals surface area contributed by atoms with Crippen molar-refractivity contribution in [1.29, 1.82) is 0 Å². The van der Waals surface area contributed by atoms with Crippen LogP contribution in [0.4, 0.5) is 0 Å². The zero-order valence-corrected chi connectivity index (χ0v) is 23.6. The molecule has 0 aliphatic carbocycles. The van der Waals surface area contributed by atoms with Crippen LogP contribution in [0.3, 0.4) is 0 Å². The predicted molar refractivity (Wildman–Crippen MR) is 153 cm³/mol. The van der Waals surface area contributed by atoms with Crippen LogP contribution in [0.25, 0.3) is 22.0 Å². The maximum atomic E-state index is 13.1. The molecule has 1 amide bonds. The van der Waals surface area contributed by atoms with Gasteiger partial charge in [0.25, 0.3) is 5.91 Å². The van der Waals surface area contributed by atoms with Gasteiger partial charge in [0.15, 0.2) is 11.5 Å². The summed E-state index contributed by atoms with van der Waals surface area (Å²) in [4.78, 5) is 18.0. The number of benzene rings is 2. The van der Waals surface area contributed by atoms with Crippen molar-refractivity contribution in [3.63, 3.8) is 0 Å². The Labute approximate surface area is 232 Å². The minimum atomic E-state index is -0.105. The molecule has 2 heterocycles. The van der Waals surface area contributed by atoms with Crippen LogP contribution in [0, 0.1) is 6.92 Å². The van der Waals surface area contributed by atoms with Crippen molar-refractivity contribution in [3.05, 3.63) is 75.8 Å². The number of rotatable bonds is 12. The molecule has 4 rings (SSSR count). The molecular weight excluding hydrogens is 522 g/mol. The van der Waals surface area contributed by atoms with E-state index in [1.165, 1.54) is 11.3 Å². The molecule has 38 heavy (non-hydrogen) atoms. The lowest BCUT2D eigenvalue weighted by atomic mass is 10.1. The van der Waals surface area contributed by atoms with Crippen molar-refractivity contribution in [1.82, 2.24) is 14.9 Å². The molecule has 2 aromatic carbocycles. The number of halogens is 1. The standard InChI is InChI=1S/C29H32ClN3O4S/c1-19-22(28(34)31-13-7-15-35-2)17-25(24-18-38-29(32-24)21-8-5-6-9-23(21)30)33(19)14-12-20-10-11-26(36-3)27(16-20)37-4/h5-6,8-11,16-18H,7,12-15H2,1-4H3,(H,31,34). The normalized spacial score (nSPS) is 11.0. The van der Waals surface area contributed by atoms with E-state index in [4.69, 9.17) is 30.8 Å². The highest BCUT2D eigenvalue weighted by Gasteiger charge is 2.21. The summed E-state index contributed by atoms with van der Waals surface area (Å²) >= 11 is 7.96. The summed E-state index contributed by atoms with van der Waals surface area (Å²) in [6.07, 6.45) is 1.49. The highest BCUT2D eigenvalue weighted by molar-refractivity contribution is 7.13. The number of carbonyl (C=O) groups is 1. The molecule has 0 radical (unpaired) electrons. The minimum absolute atomic E-state index is 0.105. The number of nitrogens with zero attached hydrogens (tertiary/aromatic N) is 2. The topological polar surface area (TPSA) is 74.6 Å². The molecule has 0 aliphatic heterocycles. The molecule has 0 saturated heterocycles. The Hall–Kier alpha value is -3.33. The summed E-state index contributed by atoms with van der Waals surface area (Å²) in [7, 11) is 4.91. The van der Waals surface area contributed by atoms with Gasteiger partial charge in [-0.2, -0.15) is 0 Å². The Kier molecular flexibility index (Phi) is 9.44. The van der Waals surface area contributed by atoms with Crippen LogP contribution in [0.1, 0.15) is 28.0 Å². The van der Waals surface area contributed by atoms with Crippen LogP contribution in [-0.2, 0) is 17.7 Å². The van der Waals surface area contributed by atoms with Crippen LogP contribution in [0.5, 0.6) is 11.5 Å². The van der Waals surface area contributed by atoms with Gasteiger partial charge in [-0.15, -0.1) is 11.3 Å². The van der Waals surface area contributed by atoms with E-state index in [9.17, 15) is 4.79 Å². The molecule has 0 fully saturated rings. The second-order valence-corrected chi connectivity index (χ2v) is 10.0. The maximum Gasteiger partial charge on any atom is 0.253 e. The predicted octanol–water partition coefficient (Wildman–Crippen LogP) is 6.27. The third kappa shape index (κ3) is 6.20. The number of hydrogen-bond donors (Lipinski definition) is 1. The first-order chi connectivity index (χ1) is 18.5. The molecule has 7 nitrogen and oxygen atoms in total. The summed E-state index contributed by atoms with van der Waals surface area (Å²) in [5, 5.41) is 6.51. The largest absolute Gasteiger partial charge is 0.493 e. The van der Waals surface area contributed by atoms with Crippen LogP contribution >= 0.6 is 22.9 Å². The van der Waals surface area contributed by atoms with Crippen molar-refractivity contribution < 1.29 is 19.0 Å². The molecule has 4 aromatic rings. The molecule has 0 bridgehead atoms. The van der Waals surface area contributed by atoms with Gasteiger partial charge in [0, 0.05) is 43.4 Å². The third-order valence-electron chi connectivity index (χ3n) is 6.36. The molecule has 0 unspecified atom stereocenters. The molecule has 9 heteroatoms. The van der Waals surface area contributed by atoms with Crippen molar-refractivity contribution >= 4 is 28.8 Å². The number of aromatic nitrogens is 2. The lowest BCUT2D eigenvalue weighted by molar-refractivity contribution is 0.0948. The molecular formula is C29H32ClN3O4S. The van der Waals surface area contributed by atoms with Gasteiger partial charge >= 0.3 is 0 Å². The van der Waals surface area contributed by atoms with Crippen LogP contribution in [0.2, 0.25) is 5.02 Å². The van der Waals surface area contributed by atoms with Crippen molar-refractivity contribution in [2.24, 2.45) is 0 Å². The summed E-state index contributed by atoms with van der Waals surface area (Å²) in [6.45, 7) is 3.78. The van der Waals surface area contributed by atoms with Gasteiger partial charge < -0.3 is 24.1 Å². The maximum absolute atomic E-state index is 13.1. The Morgan fingerprint density at radius 3 is 2.61 bits per heavy atom. The number of nitrogens with one attached hydrogen (secondary N) is 1. The lowest BCUT2D eigenvalue weighted by Gasteiger charge is -2.13. The fourth-order valence-electron chi connectivity index (χ4n) is 4.32. The molecule has 0 spiro atoms. The molecule has 2 aromatic heterocycles. The molecule has 0 saturated carbocycles. The number of aryl methyl sites for hydroxylation is 1. The van der Waals surface area contributed by atoms with Gasteiger partial charge in [-0.3, -0.25) is 4.79 Å². The average Bonchev–Trinajstić information content (AvgIpc) is 3.54. The van der Waals surface area contributed by atoms with E-state index >= 15 is 0 Å². The van der Waals surface area contributed by atoms with E-state index in [0.717, 1.165) is 46.1 Å². The summed E-state index contributed by atoms with van der Waals surface area (Å²) in [6, 6.07) is 15.5. The number of hydrogen-bond acceptors (Lipinski definition) is 6. The molecule has 0 aliphatic rings. The minimum Gasteiger partial charge on any atom is -0.493 e. The second-order valence-electron chi connectivity index (χ2n) is 8.74. The first-order valence-electron chi connectivity index (χ1n) is 12.4. The van der Waals surface area contributed by atoms with E-state index in [1.54, 1.807) is 21.3 Å². The number of amides is 1. The highest BCUT2D eigenvalue weighted by atomic mass is 35.5. The first kappa shape index (κ1) is 27.7. The Balaban J connectivity index is 1.66. The van der Waals surface area contributed by atoms with Gasteiger partial charge in [-0.25, -0.2) is 4.98 Å². The van der Waals surface area contributed by atoms with Crippen molar-refractivity contribution in [2.75, 3.05) is 34.5 Å². The van der Waals surface area contributed by atoms with Crippen molar-refractivity contribution in [2.45, 2.75) is 26.3 Å². The summed E-state index contributed by atoms with van der Waals surface area (Å²) < 4.78 is 18.1. The van der Waals surface area contributed by atoms with Crippen molar-refractivity contribution in [3.8, 4) is 33.5 Å². The smallest absolute Gasteiger partial charge is 0.253 e. The number of carbonyl (C=O) groups excluding carboxylic acids is 1. The van der Waals surface area contributed by atoms with Gasteiger partial charge in [0.05, 0.1) is 36.2 Å². The average molecular weight is 554 g/mol. The molecule has 0 atom stereocenters. The molecule has 1 N–H and O–H groups in total. The van der Waals surface area contributed by atoms with E-state index < -0.39 is 0 Å². The lowest BCUT2D eigenvalue weighted by Crippen LogP contribution is -2.25. The molecule has 200 valence electrons. The summed E-state index contributed by atoms with van der Waals surface area (Å²) in [5.74, 6) is 1.27. The van der Waals surface area contributed by atoms with Crippen LogP contribution < -0.4 is 14.8 Å². The summed E-state index contributed by atoms with van der Waals surface area (Å²) in [5.41, 5.74) is 5.20. The number of methoxy groups -OCH3 is 3. The Morgan fingerprint density at radius 2 is 1.87 bits per heavy atom. The quantitative estimate of drug-likeness (QED) is 0.209. The van der Waals surface area contributed by atoms with Gasteiger partial charge in [0.1, 0.15) is 5.01 Å². The fraction of sp³-hybridized carbons (Fsp3) is 0.310. The zero-order valence-electron chi connectivity index (χ0n) is 22.0. The number of thiazole rings is 1. The third-order valence-corrected chi connectivity index (χ3v) is 7.57. The van der Waals surface area contributed by atoms with E-state index in [-0.39, 0.29) is 5.91 Å². The van der Waals surface area contributed by atoms with Gasteiger partial charge in [0.2, 0.25) is 0 Å². The van der Waals surface area contributed by atoms with E-state index in [1.807, 2.05) is 60.8 Å². The van der Waals surface area contributed by atoms with Crippen LogP contribution in [0.15, 0.2) is 53.9 Å². The van der Waals surface area contributed by atoms with Gasteiger partial charge in [-0.05, 0) is 49.6 Å². The fourth-order valence-corrected chi connectivity index (χ4v) is 5.45. The van der Waals surface area contributed by atoms with Gasteiger partial charge in [-0.1, -0.05) is 35.9 Å². The number of ether oxygens (including phenoxy) is 3. The Morgan fingerprint density at radius 1 is 1.08 bits per heavy atom. The Bertz CT molecular complexity index is 1400. The van der Waals surface area contributed by atoms with E-state index in [2.05, 4.69) is 9.88 Å². The highest BCUT2D eigenvalue weighted by Crippen LogP contribution is 2.35.